The summed E-state index contributed by atoms with van der Waals surface area (Å²) in [7, 11) is 2.07. The summed E-state index contributed by atoms with van der Waals surface area (Å²) in [5, 5.41) is 10.5. The highest BCUT2D eigenvalue weighted by molar-refractivity contribution is 6.02. The predicted octanol–water partition coefficient (Wildman–Crippen LogP) is 2.07. The normalized spacial score (nSPS) is 48.3. The van der Waals surface area contributed by atoms with Gasteiger partial charge in [-0.2, -0.15) is 0 Å². The van der Waals surface area contributed by atoms with Crippen LogP contribution < -0.4 is 4.90 Å². The Morgan fingerprint density at radius 3 is 2.96 bits per heavy atom. The van der Waals surface area contributed by atoms with Gasteiger partial charge in [0.2, 0.25) is 0 Å². The highest BCUT2D eigenvalue weighted by Gasteiger charge is 2.74. The Bertz CT molecular complexity index is 831. The van der Waals surface area contributed by atoms with Gasteiger partial charge >= 0.3 is 0 Å². The Hall–Kier alpha value is -1.81. The van der Waals surface area contributed by atoms with Crippen LogP contribution in [0.2, 0.25) is 0 Å². The van der Waals surface area contributed by atoms with Crippen LogP contribution in [0.15, 0.2) is 29.8 Å². The molecule has 7 rings (SSSR count). The number of phenolic OH excluding ortho intramolecular Hbond substituents is 1. The van der Waals surface area contributed by atoms with Crippen molar-refractivity contribution in [3.05, 3.63) is 35.4 Å². The molecule has 1 spiro atoms. The van der Waals surface area contributed by atoms with E-state index in [1.165, 1.54) is 5.57 Å². The van der Waals surface area contributed by atoms with Gasteiger partial charge in [-0.05, 0) is 37.3 Å². The van der Waals surface area contributed by atoms with Crippen LogP contribution in [0.4, 0.5) is 5.69 Å². The van der Waals surface area contributed by atoms with Gasteiger partial charge in [0.15, 0.2) is 5.78 Å². The van der Waals surface area contributed by atoms with Crippen LogP contribution >= 0.6 is 0 Å². The molecule has 5 bridgehead atoms. The summed E-state index contributed by atoms with van der Waals surface area (Å²) in [6.45, 7) is 3.15. The maximum absolute atomic E-state index is 13.8. The molecule has 4 heteroatoms. The molecule has 0 radical (unpaired) electrons. The highest BCUT2D eigenvalue weighted by Crippen LogP contribution is 2.67. The average molecular weight is 322 g/mol. The number of rotatable bonds is 0. The summed E-state index contributed by atoms with van der Waals surface area (Å²) in [6.07, 6.45) is 4.27. The highest BCUT2D eigenvalue weighted by atomic mass is 16.3. The van der Waals surface area contributed by atoms with E-state index in [-0.39, 0.29) is 12.0 Å². The lowest BCUT2D eigenvalue weighted by atomic mass is 9.65. The standard InChI is InChI=1S/C20H22N2O2/c1-3-10-9-22-13-7-11(10)16-14(22)8-20(19(16)24)12-5-4-6-15(23)17(12)21(2)18(13)20/h3-6,11,13-14,16,18,23H,7-9H2,1-2H3/t11-,13-,14-,16-,18-,20+/m0/s1. The van der Waals surface area contributed by atoms with Crippen molar-refractivity contribution in [1.29, 1.82) is 0 Å². The van der Waals surface area contributed by atoms with Crippen molar-refractivity contribution in [3.63, 3.8) is 0 Å². The van der Waals surface area contributed by atoms with Gasteiger partial charge < -0.3 is 10.0 Å². The Kier molecular flexibility index (Phi) is 2.18. The number of carbonyl (C=O) groups excluding carboxylic acids is 1. The molecular formula is C20H22N2O2. The second-order valence-corrected chi connectivity index (χ2v) is 8.31. The molecule has 0 amide bonds. The van der Waals surface area contributed by atoms with E-state index in [9.17, 15) is 9.90 Å². The molecule has 1 N–H and O–H groups in total. The number of ketones is 1. The van der Waals surface area contributed by atoms with Gasteiger partial charge in [-0.3, -0.25) is 9.69 Å². The molecule has 1 saturated carbocycles. The number of anilines is 1. The van der Waals surface area contributed by atoms with Crippen LogP contribution in [0.25, 0.3) is 0 Å². The maximum atomic E-state index is 13.8. The fourth-order valence-corrected chi connectivity index (χ4v) is 7.14. The minimum atomic E-state index is -0.392. The van der Waals surface area contributed by atoms with Crippen molar-refractivity contribution in [2.24, 2.45) is 11.8 Å². The molecule has 4 saturated heterocycles. The summed E-state index contributed by atoms with van der Waals surface area (Å²) < 4.78 is 0. The van der Waals surface area contributed by atoms with Crippen molar-refractivity contribution >= 4 is 11.5 Å². The van der Waals surface area contributed by atoms with E-state index >= 15 is 0 Å². The summed E-state index contributed by atoms with van der Waals surface area (Å²) in [4.78, 5) is 18.6. The van der Waals surface area contributed by atoms with Crippen LogP contribution in [0.5, 0.6) is 5.75 Å². The van der Waals surface area contributed by atoms with Crippen LogP contribution in [0.1, 0.15) is 25.3 Å². The average Bonchev–Trinajstić information content (AvgIpc) is 2.98. The van der Waals surface area contributed by atoms with Gasteiger partial charge in [0.25, 0.3) is 0 Å². The quantitative estimate of drug-likeness (QED) is 0.743. The molecule has 7 atom stereocenters. The first kappa shape index (κ1) is 13.5. The minimum Gasteiger partial charge on any atom is -0.506 e. The molecule has 24 heavy (non-hydrogen) atoms. The third-order valence-electron chi connectivity index (χ3n) is 7.82. The summed E-state index contributed by atoms with van der Waals surface area (Å²) in [6, 6.07) is 6.76. The lowest BCUT2D eigenvalue weighted by Gasteiger charge is -2.58. The van der Waals surface area contributed by atoms with Crippen LogP contribution in [-0.2, 0) is 10.2 Å². The number of allylic oxidation sites excluding steroid dienone is 1. The monoisotopic (exact) mass is 322 g/mol. The molecule has 1 aromatic rings. The molecule has 6 aliphatic rings. The SMILES string of the molecule is CC=C1CN2[C@H]3C[C@]45C(=O)[C@H]3[C@H]1C[C@H]2[C@@H]4N(C)c1c(O)cccc15. The topological polar surface area (TPSA) is 43.8 Å². The number of fused-ring (bicyclic) bond motifs is 2. The molecule has 1 aromatic carbocycles. The number of para-hydroxylation sites is 1. The number of likely N-dealkylation sites (N-methyl/N-ethyl adjacent to an activating group) is 1. The van der Waals surface area contributed by atoms with E-state index in [4.69, 9.17) is 0 Å². The zero-order valence-corrected chi connectivity index (χ0v) is 14.1. The van der Waals surface area contributed by atoms with Gasteiger partial charge in [0.05, 0.1) is 17.1 Å². The molecule has 5 heterocycles. The van der Waals surface area contributed by atoms with Crippen molar-refractivity contribution in [2.45, 2.75) is 43.3 Å². The smallest absolute Gasteiger partial charge is 0.150 e. The van der Waals surface area contributed by atoms with Crippen molar-refractivity contribution < 1.29 is 9.90 Å². The second-order valence-electron chi connectivity index (χ2n) is 8.31. The molecule has 5 fully saturated rings. The first-order valence-corrected chi connectivity index (χ1v) is 9.10. The first-order chi connectivity index (χ1) is 11.6. The number of aromatic hydroxyl groups is 1. The van der Waals surface area contributed by atoms with E-state index in [1.807, 2.05) is 6.07 Å². The van der Waals surface area contributed by atoms with Gasteiger partial charge in [0, 0.05) is 31.6 Å². The number of Topliss-reactive ketones (excluding diaryl/α,β-unsaturated/α-hetero) is 1. The second kappa shape index (κ2) is 3.88. The summed E-state index contributed by atoms with van der Waals surface area (Å²) in [5.41, 5.74) is 3.06. The zero-order valence-electron chi connectivity index (χ0n) is 14.1. The zero-order chi connectivity index (χ0) is 16.4. The van der Waals surface area contributed by atoms with Gasteiger partial charge in [0.1, 0.15) is 5.75 Å². The van der Waals surface area contributed by atoms with E-state index in [1.54, 1.807) is 6.07 Å². The molecule has 5 aliphatic heterocycles. The Balaban J connectivity index is 1.64. The van der Waals surface area contributed by atoms with Crippen molar-refractivity contribution in [1.82, 2.24) is 4.90 Å². The van der Waals surface area contributed by atoms with Crippen LogP contribution in [-0.4, -0.2) is 47.5 Å². The minimum absolute atomic E-state index is 0.160. The number of piperidine rings is 4. The predicted molar refractivity (Wildman–Crippen MR) is 91.2 cm³/mol. The summed E-state index contributed by atoms with van der Waals surface area (Å²) >= 11 is 0. The van der Waals surface area contributed by atoms with E-state index in [2.05, 4.69) is 35.9 Å². The number of phenols is 1. The number of hydrogen-bond donors (Lipinski definition) is 1. The third kappa shape index (κ3) is 1.13. The lowest BCUT2D eigenvalue weighted by Crippen LogP contribution is -2.68. The van der Waals surface area contributed by atoms with E-state index < -0.39 is 5.41 Å². The number of carbonyl (C=O) groups is 1. The van der Waals surface area contributed by atoms with Gasteiger partial charge in [-0.25, -0.2) is 0 Å². The van der Waals surface area contributed by atoms with Crippen molar-refractivity contribution in [2.75, 3.05) is 18.5 Å². The van der Waals surface area contributed by atoms with Crippen molar-refractivity contribution in [3.8, 4) is 5.75 Å². The van der Waals surface area contributed by atoms with Gasteiger partial charge in [-0.15, -0.1) is 0 Å². The third-order valence-corrected chi connectivity index (χ3v) is 7.82. The first-order valence-electron chi connectivity index (χ1n) is 9.10. The van der Waals surface area contributed by atoms with Gasteiger partial charge in [-0.1, -0.05) is 23.8 Å². The number of nitrogens with zero attached hydrogens (tertiary/aromatic N) is 2. The molecule has 1 aliphatic carbocycles. The molecule has 1 unspecified atom stereocenters. The number of benzene rings is 1. The Labute approximate surface area is 141 Å². The number of hydrogen-bond acceptors (Lipinski definition) is 4. The van der Waals surface area contributed by atoms with Crippen LogP contribution in [0.3, 0.4) is 0 Å². The molecular weight excluding hydrogens is 300 g/mol. The molecule has 0 aromatic heterocycles. The molecule has 4 nitrogen and oxygen atoms in total. The largest absolute Gasteiger partial charge is 0.506 e. The Morgan fingerprint density at radius 2 is 2.17 bits per heavy atom. The van der Waals surface area contributed by atoms with E-state index in [0.717, 1.165) is 30.6 Å². The van der Waals surface area contributed by atoms with Crippen LogP contribution in [0, 0.1) is 11.8 Å². The summed E-state index contributed by atoms with van der Waals surface area (Å²) in [5.74, 6) is 1.37. The Morgan fingerprint density at radius 1 is 1.33 bits per heavy atom. The fourth-order valence-electron chi connectivity index (χ4n) is 7.14. The molecule has 124 valence electrons. The van der Waals surface area contributed by atoms with E-state index in [0.29, 0.717) is 29.5 Å². The lowest BCUT2D eigenvalue weighted by molar-refractivity contribution is -0.126. The fraction of sp³-hybridized carbons (Fsp3) is 0.550. The maximum Gasteiger partial charge on any atom is 0.150 e.